The van der Waals surface area contributed by atoms with Gasteiger partial charge in [-0.3, -0.25) is 9.59 Å². The highest BCUT2D eigenvalue weighted by atomic mass is 16.7. The van der Waals surface area contributed by atoms with Crippen molar-refractivity contribution in [3.8, 4) is 5.75 Å². The molecular formula is C22H26N2O5. The molecule has 0 fully saturated rings. The molecule has 0 bridgehead atoms. The molecule has 154 valence electrons. The van der Waals surface area contributed by atoms with Crippen LogP contribution in [0.5, 0.6) is 5.75 Å². The van der Waals surface area contributed by atoms with Crippen LogP contribution in [0.15, 0.2) is 48.5 Å². The predicted molar refractivity (Wildman–Crippen MR) is 111 cm³/mol. The van der Waals surface area contributed by atoms with Crippen LogP contribution in [-0.2, 0) is 9.53 Å². The summed E-state index contributed by atoms with van der Waals surface area (Å²) in [6, 6.07) is 13.1. The topological polar surface area (TPSA) is 93.7 Å². The molecule has 0 radical (unpaired) electrons. The van der Waals surface area contributed by atoms with E-state index in [0.29, 0.717) is 16.9 Å². The summed E-state index contributed by atoms with van der Waals surface area (Å²) in [5.41, 5.74) is 1.69. The molecule has 2 amide bonds. The predicted octanol–water partition coefficient (Wildman–Crippen LogP) is 4.85. The number of anilines is 2. The van der Waals surface area contributed by atoms with Gasteiger partial charge in [0.2, 0.25) is 5.91 Å². The van der Waals surface area contributed by atoms with E-state index >= 15 is 0 Å². The Morgan fingerprint density at radius 2 is 1.38 bits per heavy atom. The van der Waals surface area contributed by atoms with E-state index in [4.69, 9.17) is 9.47 Å². The second-order valence-corrected chi connectivity index (χ2v) is 6.34. The third-order valence-corrected chi connectivity index (χ3v) is 4.35. The number of rotatable bonds is 8. The number of carbonyl (C=O) groups excluding carboxylic acids is 3. The average molecular weight is 398 g/mol. The van der Waals surface area contributed by atoms with E-state index in [-0.39, 0.29) is 30.1 Å². The molecule has 0 aliphatic carbocycles. The van der Waals surface area contributed by atoms with Crippen LogP contribution >= 0.6 is 0 Å². The zero-order valence-electron chi connectivity index (χ0n) is 16.9. The lowest BCUT2D eigenvalue weighted by Crippen LogP contribution is -2.21. The maximum atomic E-state index is 12.4. The first kappa shape index (κ1) is 21.9. The highest BCUT2D eigenvalue weighted by Gasteiger charge is 2.14. The molecule has 2 aromatic rings. The Bertz CT molecular complexity index is 827. The smallest absolute Gasteiger partial charge is 0.434 e. The minimum Gasteiger partial charge on any atom is -0.434 e. The Hall–Kier alpha value is -3.35. The van der Waals surface area contributed by atoms with Crippen molar-refractivity contribution in [2.45, 2.75) is 33.6 Å². The first-order valence-corrected chi connectivity index (χ1v) is 9.63. The largest absolute Gasteiger partial charge is 0.513 e. The fourth-order valence-corrected chi connectivity index (χ4v) is 2.66. The minimum atomic E-state index is -0.791. The summed E-state index contributed by atoms with van der Waals surface area (Å²) in [6.07, 6.45) is 0.793. The summed E-state index contributed by atoms with van der Waals surface area (Å²) >= 11 is 0. The van der Waals surface area contributed by atoms with Crippen LogP contribution in [0.4, 0.5) is 16.2 Å². The van der Waals surface area contributed by atoms with Crippen molar-refractivity contribution in [1.82, 2.24) is 0 Å². The van der Waals surface area contributed by atoms with Gasteiger partial charge in [0.05, 0.1) is 6.61 Å². The van der Waals surface area contributed by atoms with E-state index in [1.807, 2.05) is 13.8 Å². The van der Waals surface area contributed by atoms with Crippen molar-refractivity contribution >= 4 is 29.3 Å². The van der Waals surface area contributed by atoms with Crippen LogP contribution in [0, 0.1) is 5.92 Å². The lowest BCUT2D eigenvalue weighted by atomic mass is 10.0. The molecule has 0 saturated heterocycles. The molecule has 0 aliphatic heterocycles. The van der Waals surface area contributed by atoms with Crippen LogP contribution in [0.25, 0.3) is 0 Å². The first-order valence-electron chi connectivity index (χ1n) is 9.63. The normalized spacial score (nSPS) is 10.3. The van der Waals surface area contributed by atoms with Crippen LogP contribution < -0.4 is 15.4 Å². The lowest BCUT2D eigenvalue weighted by molar-refractivity contribution is -0.120. The molecule has 7 heteroatoms. The zero-order valence-corrected chi connectivity index (χ0v) is 16.9. The van der Waals surface area contributed by atoms with Gasteiger partial charge in [-0.05, 0) is 68.3 Å². The van der Waals surface area contributed by atoms with Gasteiger partial charge >= 0.3 is 6.16 Å². The zero-order chi connectivity index (χ0) is 21.2. The lowest BCUT2D eigenvalue weighted by Gasteiger charge is -2.13. The summed E-state index contributed by atoms with van der Waals surface area (Å²) in [5, 5.41) is 5.66. The van der Waals surface area contributed by atoms with Gasteiger partial charge in [-0.1, -0.05) is 13.8 Å². The highest BCUT2D eigenvalue weighted by Crippen LogP contribution is 2.18. The maximum Gasteiger partial charge on any atom is 0.513 e. The Kier molecular flexibility index (Phi) is 8.21. The fourth-order valence-electron chi connectivity index (χ4n) is 2.66. The van der Waals surface area contributed by atoms with Crippen molar-refractivity contribution < 1.29 is 23.9 Å². The number of carbonyl (C=O) groups is 3. The van der Waals surface area contributed by atoms with Crippen molar-refractivity contribution in [3.63, 3.8) is 0 Å². The Labute approximate surface area is 170 Å². The van der Waals surface area contributed by atoms with E-state index < -0.39 is 6.16 Å². The van der Waals surface area contributed by atoms with E-state index in [0.717, 1.165) is 12.8 Å². The second kappa shape index (κ2) is 10.8. The van der Waals surface area contributed by atoms with Crippen molar-refractivity contribution in [3.05, 3.63) is 54.1 Å². The average Bonchev–Trinajstić information content (AvgIpc) is 2.71. The van der Waals surface area contributed by atoms with Crippen LogP contribution in [0.3, 0.4) is 0 Å². The molecule has 7 nitrogen and oxygen atoms in total. The van der Waals surface area contributed by atoms with Gasteiger partial charge < -0.3 is 20.1 Å². The van der Waals surface area contributed by atoms with Crippen molar-refractivity contribution in [2.75, 3.05) is 17.2 Å². The molecule has 29 heavy (non-hydrogen) atoms. The number of hydrogen-bond acceptors (Lipinski definition) is 5. The highest BCUT2D eigenvalue weighted by molar-refractivity contribution is 6.04. The van der Waals surface area contributed by atoms with Gasteiger partial charge in [0.1, 0.15) is 5.75 Å². The minimum absolute atomic E-state index is 0.00286. The number of nitrogens with one attached hydrogen (secondary N) is 2. The van der Waals surface area contributed by atoms with E-state index in [1.54, 1.807) is 43.3 Å². The maximum absolute atomic E-state index is 12.4. The molecule has 2 N–H and O–H groups in total. The van der Waals surface area contributed by atoms with Gasteiger partial charge in [0.25, 0.3) is 5.91 Å². The van der Waals surface area contributed by atoms with E-state index in [1.165, 1.54) is 12.1 Å². The van der Waals surface area contributed by atoms with Crippen molar-refractivity contribution in [1.29, 1.82) is 0 Å². The summed E-state index contributed by atoms with van der Waals surface area (Å²) in [6.45, 7) is 5.88. The standard InChI is InChI=1S/C22H26N2O5/c1-4-15(5-2)20(25)23-17-9-11-18(12-10-17)24-21(26)16-7-13-19(14-8-16)29-22(27)28-6-3/h7-15H,4-6H2,1-3H3,(H,23,25)(H,24,26). The molecular weight excluding hydrogens is 372 g/mol. The number of ether oxygens (including phenoxy) is 2. The monoisotopic (exact) mass is 398 g/mol. The van der Waals surface area contributed by atoms with E-state index in [9.17, 15) is 14.4 Å². The molecule has 0 heterocycles. The van der Waals surface area contributed by atoms with Gasteiger partial charge in [-0.2, -0.15) is 0 Å². The Morgan fingerprint density at radius 1 is 0.828 bits per heavy atom. The molecule has 0 unspecified atom stereocenters. The number of amides is 2. The molecule has 0 saturated carbocycles. The molecule has 0 aliphatic rings. The second-order valence-electron chi connectivity index (χ2n) is 6.34. The summed E-state index contributed by atoms with van der Waals surface area (Å²) in [7, 11) is 0. The molecule has 0 spiro atoms. The van der Waals surface area contributed by atoms with Gasteiger partial charge in [0, 0.05) is 22.9 Å². The summed E-state index contributed by atoms with van der Waals surface area (Å²) in [4.78, 5) is 35.8. The summed E-state index contributed by atoms with van der Waals surface area (Å²) < 4.78 is 9.65. The number of hydrogen-bond donors (Lipinski definition) is 2. The third-order valence-electron chi connectivity index (χ3n) is 4.35. The molecule has 0 atom stereocenters. The van der Waals surface area contributed by atoms with Crippen molar-refractivity contribution in [2.24, 2.45) is 5.92 Å². The quantitative estimate of drug-likeness (QED) is 0.490. The van der Waals surface area contributed by atoms with Crippen LogP contribution in [-0.4, -0.2) is 24.6 Å². The molecule has 0 aromatic heterocycles. The molecule has 2 rings (SSSR count). The van der Waals surface area contributed by atoms with Gasteiger partial charge in [-0.25, -0.2) is 4.79 Å². The summed E-state index contributed by atoms with van der Waals surface area (Å²) in [5.74, 6) is -0.0267. The van der Waals surface area contributed by atoms with Gasteiger partial charge in [0.15, 0.2) is 0 Å². The van der Waals surface area contributed by atoms with Crippen LogP contribution in [0.1, 0.15) is 44.0 Å². The molecule has 2 aromatic carbocycles. The van der Waals surface area contributed by atoms with E-state index in [2.05, 4.69) is 10.6 Å². The Morgan fingerprint density at radius 3 is 1.90 bits per heavy atom. The fraction of sp³-hybridized carbons (Fsp3) is 0.318. The Balaban J connectivity index is 1.93. The van der Waals surface area contributed by atoms with Crippen LogP contribution in [0.2, 0.25) is 0 Å². The third kappa shape index (κ3) is 6.64. The SMILES string of the molecule is CCOC(=O)Oc1ccc(C(=O)Nc2ccc(NC(=O)C(CC)CC)cc2)cc1. The first-order chi connectivity index (χ1) is 14.0. The van der Waals surface area contributed by atoms with Gasteiger partial charge in [-0.15, -0.1) is 0 Å². The number of benzene rings is 2.